The Kier molecular flexibility index (Phi) is 10.4. The van der Waals surface area contributed by atoms with Crippen LogP contribution < -0.4 is 14.8 Å². The molecular weight excluding hydrogens is 602 g/mol. The fourth-order valence-electron chi connectivity index (χ4n) is 5.65. The summed E-state index contributed by atoms with van der Waals surface area (Å²) in [6, 6.07) is 13.4. The molecule has 0 aromatic heterocycles. The van der Waals surface area contributed by atoms with Crippen LogP contribution in [-0.2, 0) is 9.59 Å². The highest BCUT2D eigenvalue weighted by Gasteiger charge is 2.39. The van der Waals surface area contributed by atoms with Crippen LogP contribution in [0.4, 0.5) is 5.69 Å². The molecule has 1 saturated heterocycles. The van der Waals surface area contributed by atoms with Crippen LogP contribution in [0, 0.1) is 0 Å². The minimum Gasteiger partial charge on any atom is -0.490 e. The van der Waals surface area contributed by atoms with Crippen molar-refractivity contribution < 1.29 is 19.1 Å². The molecule has 0 bridgehead atoms. The van der Waals surface area contributed by atoms with Crippen LogP contribution >= 0.6 is 27.7 Å². The number of amidine groups is 1. The summed E-state index contributed by atoms with van der Waals surface area (Å²) in [5.41, 5.74) is 1.52. The number of carbonyl (C=O) groups excluding carboxylic acids is 2. The van der Waals surface area contributed by atoms with Crippen molar-refractivity contribution in [3.63, 3.8) is 0 Å². The van der Waals surface area contributed by atoms with Gasteiger partial charge in [-0.3, -0.25) is 19.5 Å². The molecule has 2 amide bonds. The van der Waals surface area contributed by atoms with Gasteiger partial charge in [0.15, 0.2) is 23.3 Å². The van der Waals surface area contributed by atoms with Gasteiger partial charge in [-0.1, -0.05) is 72.7 Å². The van der Waals surface area contributed by atoms with E-state index in [-0.39, 0.29) is 24.5 Å². The number of halogens is 1. The average molecular weight is 641 g/mol. The van der Waals surface area contributed by atoms with Crippen molar-refractivity contribution in [2.75, 3.05) is 18.5 Å². The maximum atomic E-state index is 13.8. The van der Waals surface area contributed by atoms with Crippen LogP contribution in [0.2, 0.25) is 0 Å². The van der Waals surface area contributed by atoms with Crippen molar-refractivity contribution in [3.8, 4) is 11.5 Å². The fraction of sp³-hybridized carbons (Fsp3) is 0.469. The summed E-state index contributed by atoms with van der Waals surface area (Å²) >= 11 is 5.16. The van der Waals surface area contributed by atoms with Gasteiger partial charge in [0.05, 0.1) is 17.6 Å². The van der Waals surface area contributed by atoms with Crippen LogP contribution in [0.15, 0.2) is 56.8 Å². The standard InChI is InChI=1S/C32H38BrN3O4S/c1-2-39-27-18-22(26(33)20-28(27)40-21-30(37)34-23-12-6-3-7-13-23)19-29-31(38)36(25-16-10-5-11-17-25)32(41-29)35-24-14-8-4-9-15-24/h3,6-7,12-13,18-20,24-25H,2,4-5,8-11,14-17,21H2,1H3,(H,34,37). The predicted molar refractivity (Wildman–Crippen MR) is 169 cm³/mol. The number of hydrogen-bond donors (Lipinski definition) is 1. The van der Waals surface area contributed by atoms with E-state index >= 15 is 0 Å². The lowest BCUT2D eigenvalue weighted by Gasteiger charge is -2.31. The Bertz CT molecular complexity index is 1290. The lowest BCUT2D eigenvalue weighted by molar-refractivity contribution is -0.124. The van der Waals surface area contributed by atoms with Gasteiger partial charge in [-0.05, 0) is 80.3 Å². The van der Waals surface area contributed by atoms with Crippen LogP contribution in [0.5, 0.6) is 11.5 Å². The fourth-order valence-corrected chi connectivity index (χ4v) is 7.19. The lowest BCUT2D eigenvalue weighted by atomic mass is 9.94. The Morgan fingerprint density at radius 3 is 2.41 bits per heavy atom. The largest absolute Gasteiger partial charge is 0.490 e. The van der Waals surface area contributed by atoms with Crippen LogP contribution in [-0.4, -0.2) is 47.2 Å². The molecule has 41 heavy (non-hydrogen) atoms. The maximum Gasteiger partial charge on any atom is 0.267 e. The van der Waals surface area contributed by atoms with Crippen molar-refractivity contribution >= 4 is 56.4 Å². The van der Waals surface area contributed by atoms with Gasteiger partial charge in [0.1, 0.15) is 0 Å². The van der Waals surface area contributed by atoms with Gasteiger partial charge in [-0.25, -0.2) is 0 Å². The highest BCUT2D eigenvalue weighted by Crippen LogP contribution is 2.41. The molecule has 0 radical (unpaired) electrons. The summed E-state index contributed by atoms with van der Waals surface area (Å²) in [6.45, 7) is 2.18. The number of anilines is 1. The SMILES string of the molecule is CCOc1cc(C=C2SC(=NC3CCCCC3)N(C3CCCCC3)C2=O)c(Br)cc1OCC(=O)Nc1ccccc1. The summed E-state index contributed by atoms with van der Waals surface area (Å²) in [4.78, 5) is 34.1. The molecule has 3 fully saturated rings. The van der Waals surface area contributed by atoms with Gasteiger partial charge in [0, 0.05) is 16.2 Å². The van der Waals surface area contributed by atoms with Gasteiger partial charge in [-0.2, -0.15) is 0 Å². The molecule has 7 nitrogen and oxygen atoms in total. The molecule has 0 atom stereocenters. The predicted octanol–water partition coefficient (Wildman–Crippen LogP) is 7.80. The number of para-hydroxylation sites is 1. The third-order valence-corrected chi connectivity index (χ3v) is 9.39. The molecule has 218 valence electrons. The highest BCUT2D eigenvalue weighted by atomic mass is 79.9. The summed E-state index contributed by atoms with van der Waals surface area (Å²) < 4.78 is 12.5. The van der Waals surface area contributed by atoms with Crippen molar-refractivity contribution in [2.24, 2.45) is 4.99 Å². The van der Waals surface area contributed by atoms with E-state index in [1.54, 1.807) is 6.07 Å². The number of ether oxygens (including phenoxy) is 2. The van der Waals surface area contributed by atoms with E-state index in [1.165, 1.54) is 37.4 Å². The van der Waals surface area contributed by atoms with Crippen LogP contribution in [0.3, 0.4) is 0 Å². The molecule has 3 aliphatic rings. The molecule has 0 unspecified atom stereocenters. The molecule has 5 rings (SSSR count). The number of nitrogens with zero attached hydrogens (tertiary/aromatic N) is 2. The Hall–Kier alpha value is -2.78. The molecule has 0 spiro atoms. The normalized spacial score (nSPS) is 20.5. The molecule has 2 aromatic rings. The van der Waals surface area contributed by atoms with Gasteiger partial charge in [0.25, 0.3) is 11.8 Å². The molecule has 1 aliphatic heterocycles. The van der Waals surface area contributed by atoms with E-state index < -0.39 is 0 Å². The minimum absolute atomic E-state index is 0.0410. The number of rotatable bonds is 9. The quantitative estimate of drug-likeness (QED) is 0.283. The van der Waals surface area contributed by atoms with Crippen molar-refractivity contribution in [1.29, 1.82) is 0 Å². The summed E-state index contributed by atoms with van der Waals surface area (Å²) in [5.74, 6) is 0.754. The number of hydrogen-bond acceptors (Lipinski definition) is 6. The summed E-state index contributed by atoms with van der Waals surface area (Å²) in [5, 5.41) is 3.69. The molecule has 2 aliphatic carbocycles. The van der Waals surface area contributed by atoms with Gasteiger partial charge >= 0.3 is 0 Å². The van der Waals surface area contributed by atoms with E-state index in [1.807, 2.05) is 54.3 Å². The maximum absolute atomic E-state index is 13.8. The second kappa shape index (κ2) is 14.4. The smallest absolute Gasteiger partial charge is 0.267 e. The zero-order valence-corrected chi connectivity index (χ0v) is 26.0. The number of benzene rings is 2. The number of aliphatic imine (C=N–C) groups is 1. The molecule has 1 N–H and O–H groups in total. The topological polar surface area (TPSA) is 80.2 Å². The molecule has 2 aromatic carbocycles. The second-order valence-electron chi connectivity index (χ2n) is 10.7. The first-order valence-electron chi connectivity index (χ1n) is 14.8. The Labute approximate surface area is 255 Å². The second-order valence-corrected chi connectivity index (χ2v) is 12.6. The van der Waals surface area contributed by atoms with E-state index in [0.29, 0.717) is 34.7 Å². The Morgan fingerprint density at radius 2 is 1.71 bits per heavy atom. The Balaban J connectivity index is 1.36. The zero-order chi connectivity index (χ0) is 28.6. The van der Waals surface area contributed by atoms with Crippen LogP contribution in [0.25, 0.3) is 6.08 Å². The van der Waals surface area contributed by atoms with Crippen molar-refractivity contribution in [1.82, 2.24) is 4.90 Å². The van der Waals surface area contributed by atoms with Crippen LogP contribution in [0.1, 0.15) is 76.7 Å². The third kappa shape index (κ3) is 7.74. The molecule has 9 heteroatoms. The highest BCUT2D eigenvalue weighted by molar-refractivity contribution is 9.10. The third-order valence-electron chi connectivity index (χ3n) is 7.71. The summed E-state index contributed by atoms with van der Waals surface area (Å²) in [6.07, 6.45) is 13.4. The number of amides is 2. The van der Waals surface area contributed by atoms with Gasteiger partial charge < -0.3 is 14.8 Å². The van der Waals surface area contributed by atoms with E-state index in [0.717, 1.165) is 53.7 Å². The molecular formula is C32H38BrN3O4S. The van der Waals surface area contributed by atoms with Gasteiger partial charge in [-0.15, -0.1) is 0 Å². The minimum atomic E-state index is -0.262. The Morgan fingerprint density at radius 1 is 1.02 bits per heavy atom. The first kappa shape index (κ1) is 29.7. The van der Waals surface area contributed by atoms with Gasteiger partial charge in [0.2, 0.25) is 0 Å². The summed E-state index contributed by atoms with van der Waals surface area (Å²) in [7, 11) is 0. The first-order chi connectivity index (χ1) is 20.0. The van der Waals surface area contributed by atoms with E-state index in [2.05, 4.69) is 21.2 Å². The lowest BCUT2D eigenvalue weighted by Crippen LogP contribution is -2.41. The van der Waals surface area contributed by atoms with E-state index in [4.69, 9.17) is 14.5 Å². The number of thioether (sulfide) groups is 1. The number of carbonyl (C=O) groups is 2. The van der Waals surface area contributed by atoms with Crippen molar-refractivity contribution in [3.05, 3.63) is 57.4 Å². The molecule has 1 heterocycles. The zero-order valence-electron chi connectivity index (χ0n) is 23.6. The number of nitrogens with one attached hydrogen (secondary N) is 1. The first-order valence-corrected chi connectivity index (χ1v) is 16.4. The van der Waals surface area contributed by atoms with Crippen molar-refractivity contribution in [2.45, 2.75) is 83.2 Å². The monoisotopic (exact) mass is 639 g/mol. The average Bonchev–Trinajstić information content (AvgIpc) is 3.29. The van der Waals surface area contributed by atoms with E-state index in [9.17, 15) is 9.59 Å². The molecule has 2 saturated carbocycles.